The van der Waals surface area contributed by atoms with Crippen LogP contribution in [0, 0.1) is 0 Å². The Morgan fingerprint density at radius 2 is 1.79 bits per heavy atom. The standard InChI is InChI=1S/C20H20N6O3/c1-11-16(18(21)27)17(12-4-6-22-7-5-12)26-20(23-11)24-19(25-26)13-8-14(28-2)10-15(9-13)29-3/h4-10,17H,1-3H3,(H2,21,27)(H,23,24,25). The lowest BCUT2D eigenvalue weighted by Gasteiger charge is -2.27. The quantitative estimate of drug-likeness (QED) is 0.683. The van der Waals surface area contributed by atoms with Gasteiger partial charge in [0.1, 0.15) is 17.5 Å². The molecule has 9 nitrogen and oxygen atoms in total. The zero-order chi connectivity index (χ0) is 20.5. The van der Waals surface area contributed by atoms with Crippen molar-refractivity contribution in [2.24, 2.45) is 5.73 Å². The number of ether oxygens (including phenoxy) is 2. The van der Waals surface area contributed by atoms with Crippen molar-refractivity contribution >= 4 is 11.9 Å². The monoisotopic (exact) mass is 392 g/mol. The van der Waals surface area contributed by atoms with E-state index in [0.717, 1.165) is 11.1 Å². The third-order valence-electron chi connectivity index (χ3n) is 4.75. The number of nitrogens with zero attached hydrogens (tertiary/aromatic N) is 4. The first-order chi connectivity index (χ1) is 14.0. The highest BCUT2D eigenvalue weighted by Gasteiger charge is 2.33. The Balaban J connectivity index is 1.87. The number of nitrogens with two attached hydrogens (primary N) is 1. The lowest BCUT2D eigenvalue weighted by atomic mass is 9.96. The number of hydrogen-bond acceptors (Lipinski definition) is 7. The number of nitrogens with one attached hydrogen (secondary N) is 1. The molecule has 1 atom stereocenters. The van der Waals surface area contributed by atoms with Gasteiger partial charge in [-0.15, -0.1) is 5.10 Å². The molecule has 1 amide bonds. The summed E-state index contributed by atoms with van der Waals surface area (Å²) < 4.78 is 12.3. The maximum Gasteiger partial charge on any atom is 0.248 e. The van der Waals surface area contributed by atoms with Crippen LogP contribution in [0.2, 0.25) is 0 Å². The summed E-state index contributed by atoms with van der Waals surface area (Å²) in [4.78, 5) is 20.9. The fraction of sp³-hybridized carbons (Fsp3) is 0.200. The van der Waals surface area contributed by atoms with Gasteiger partial charge in [0.15, 0.2) is 5.82 Å². The number of amides is 1. The van der Waals surface area contributed by atoms with Crippen molar-refractivity contribution in [2.45, 2.75) is 13.0 Å². The lowest BCUT2D eigenvalue weighted by molar-refractivity contribution is -0.115. The SMILES string of the molecule is COc1cc(OC)cc(-c2nc3n(n2)C(c2ccncc2)C(C(N)=O)=C(C)N3)c1. The van der Waals surface area contributed by atoms with Gasteiger partial charge in [-0.3, -0.25) is 9.78 Å². The molecule has 9 heteroatoms. The number of benzene rings is 1. The number of hydrogen-bond donors (Lipinski definition) is 2. The number of fused-ring (bicyclic) bond motifs is 1. The van der Waals surface area contributed by atoms with Crippen molar-refractivity contribution in [3.8, 4) is 22.9 Å². The van der Waals surface area contributed by atoms with Gasteiger partial charge in [0.25, 0.3) is 0 Å². The third kappa shape index (κ3) is 3.27. The Morgan fingerprint density at radius 3 is 2.38 bits per heavy atom. The minimum Gasteiger partial charge on any atom is -0.497 e. The average molecular weight is 392 g/mol. The topological polar surface area (TPSA) is 117 Å². The molecular weight excluding hydrogens is 372 g/mol. The van der Waals surface area contributed by atoms with E-state index in [1.807, 2.05) is 24.3 Å². The van der Waals surface area contributed by atoms with E-state index in [0.29, 0.717) is 34.5 Å². The van der Waals surface area contributed by atoms with Gasteiger partial charge < -0.3 is 20.5 Å². The van der Waals surface area contributed by atoms with Crippen LogP contribution in [0.5, 0.6) is 11.5 Å². The molecule has 3 aromatic rings. The summed E-state index contributed by atoms with van der Waals surface area (Å²) in [6.07, 6.45) is 3.32. The van der Waals surface area contributed by atoms with E-state index in [1.54, 1.807) is 44.3 Å². The van der Waals surface area contributed by atoms with Crippen molar-refractivity contribution in [1.82, 2.24) is 19.7 Å². The molecule has 0 aliphatic carbocycles. The van der Waals surface area contributed by atoms with Crippen LogP contribution in [0.1, 0.15) is 18.5 Å². The molecule has 0 spiro atoms. The summed E-state index contributed by atoms with van der Waals surface area (Å²) in [6, 6.07) is 8.55. The van der Waals surface area contributed by atoms with Gasteiger partial charge in [-0.2, -0.15) is 4.98 Å². The summed E-state index contributed by atoms with van der Waals surface area (Å²) in [5.74, 6) is 1.69. The fourth-order valence-electron chi connectivity index (χ4n) is 3.38. The van der Waals surface area contributed by atoms with Gasteiger partial charge in [0.05, 0.1) is 19.8 Å². The van der Waals surface area contributed by atoms with Crippen LogP contribution in [-0.2, 0) is 4.79 Å². The lowest BCUT2D eigenvalue weighted by Crippen LogP contribution is -2.31. The molecule has 1 aliphatic rings. The molecule has 3 N–H and O–H groups in total. The summed E-state index contributed by atoms with van der Waals surface area (Å²) >= 11 is 0. The van der Waals surface area contributed by atoms with Crippen molar-refractivity contribution in [3.63, 3.8) is 0 Å². The summed E-state index contributed by atoms with van der Waals surface area (Å²) in [5.41, 5.74) is 8.29. The Kier molecular flexibility index (Phi) is 4.63. The smallest absolute Gasteiger partial charge is 0.248 e. The number of carbonyl (C=O) groups is 1. The van der Waals surface area contributed by atoms with Crippen LogP contribution in [0.4, 0.5) is 5.95 Å². The van der Waals surface area contributed by atoms with E-state index in [9.17, 15) is 4.79 Å². The molecule has 0 bridgehead atoms. The molecule has 4 rings (SSSR count). The van der Waals surface area contributed by atoms with Gasteiger partial charge in [0, 0.05) is 29.7 Å². The number of rotatable bonds is 5. The zero-order valence-electron chi connectivity index (χ0n) is 16.2. The molecule has 1 aliphatic heterocycles. The van der Waals surface area contributed by atoms with E-state index in [1.165, 1.54) is 0 Å². The molecule has 2 aromatic heterocycles. The first kappa shape index (κ1) is 18.5. The molecular formula is C20H20N6O3. The number of aromatic nitrogens is 4. The van der Waals surface area contributed by atoms with Crippen LogP contribution in [0.25, 0.3) is 11.4 Å². The Bertz CT molecular complexity index is 1080. The summed E-state index contributed by atoms with van der Waals surface area (Å²) in [5, 5.41) is 7.79. The second-order valence-corrected chi connectivity index (χ2v) is 6.52. The van der Waals surface area contributed by atoms with Gasteiger partial charge in [-0.1, -0.05) is 0 Å². The molecule has 148 valence electrons. The number of allylic oxidation sites excluding steroid dienone is 1. The highest BCUT2D eigenvalue weighted by molar-refractivity contribution is 5.95. The number of primary amides is 1. The van der Waals surface area contributed by atoms with Gasteiger partial charge in [0.2, 0.25) is 11.9 Å². The van der Waals surface area contributed by atoms with E-state index in [4.69, 9.17) is 15.2 Å². The number of pyridine rings is 1. The van der Waals surface area contributed by atoms with Crippen molar-refractivity contribution in [1.29, 1.82) is 0 Å². The predicted molar refractivity (Wildman–Crippen MR) is 106 cm³/mol. The average Bonchev–Trinajstić information content (AvgIpc) is 3.16. The number of methoxy groups -OCH3 is 2. The maximum absolute atomic E-state index is 12.2. The Labute approximate surface area is 167 Å². The summed E-state index contributed by atoms with van der Waals surface area (Å²) in [7, 11) is 3.16. The molecule has 3 heterocycles. The molecule has 0 radical (unpaired) electrons. The Morgan fingerprint density at radius 1 is 1.14 bits per heavy atom. The highest BCUT2D eigenvalue weighted by atomic mass is 16.5. The van der Waals surface area contributed by atoms with Crippen molar-refractivity contribution < 1.29 is 14.3 Å². The minimum absolute atomic E-state index is 0.420. The van der Waals surface area contributed by atoms with Gasteiger partial charge >= 0.3 is 0 Å². The second kappa shape index (κ2) is 7.27. The van der Waals surface area contributed by atoms with E-state index < -0.39 is 11.9 Å². The molecule has 1 aromatic carbocycles. The van der Waals surface area contributed by atoms with E-state index >= 15 is 0 Å². The Hall–Kier alpha value is -3.88. The highest BCUT2D eigenvalue weighted by Crippen LogP contribution is 2.36. The molecule has 29 heavy (non-hydrogen) atoms. The van der Waals surface area contributed by atoms with Crippen LogP contribution in [0.15, 0.2) is 54.0 Å². The number of carbonyl (C=O) groups excluding carboxylic acids is 1. The fourth-order valence-corrected chi connectivity index (χ4v) is 3.38. The number of anilines is 1. The summed E-state index contributed by atoms with van der Waals surface area (Å²) in [6.45, 7) is 1.79. The maximum atomic E-state index is 12.2. The molecule has 0 saturated carbocycles. The van der Waals surface area contributed by atoms with E-state index in [-0.39, 0.29) is 0 Å². The van der Waals surface area contributed by atoms with Gasteiger partial charge in [-0.25, -0.2) is 4.68 Å². The third-order valence-corrected chi connectivity index (χ3v) is 4.75. The molecule has 0 saturated heterocycles. The first-order valence-electron chi connectivity index (χ1n) is 8.89. The molecule has 0 fully saturated rings. The van der Waals surface area contributed by atoms with Crippen LogP contribution in [0.3, 0.4) is 0 Å². The predicted octanol–water partition coefficient (Wildman–Crippen LogP) is 2.13. The van der Waals surface area contributed by atoms with Crippen LogP contribution >= 0.6 is 0 Å². The van der Waals surface area contributed by atoms with Crippen molar-refractivity contribution in [2.75, 3.05) is 19.5 Å². The largest absolute Gasteiger partial charge is 0.497 e. The first-order valence-corrected chi connectivity index (χ1v) is 8.89. The normalized spacial score (nSPS) is 15.5. The van der Waals surface area contributed by atoms with E-state index in [2.05, 4.69) is 20.4 Å². The zero-order valence-corrected chi connectivity index (χ0v) is 16.2. The van der Waals surface area contributed by atoms with Crippen LogP contribution < -0.4 is 20.5 Å². The minimum atomic E-state index is -0.525. The van der Waals surface area contributed by atoms with Gasteiger partial charge in [-0.05, 0) is 36.8 Å². The van der Waals surface area contributed by atoms with Crippen molar-refractivity contribution in [3.05, 3.63) is 59.6 Å². The second-order valence-electron chi connectivity index (χ2n) is 6.52. The van der Waals surface area contributed by atoms with Crippen LogP contribution in [-0.4, -0.2) is 39.9 Å². The molecule has 1 unspecified atom stereocenters.